The summed E-state index contributed by atoms with van der Waals surface area (Å²) in [5, 5.41) is 0.606. The number of benzene rings is 1. The second-order valence-corrected chi connectivity index (χ2v) is 5.07. The van der Waals surface area contributed by atoms with Gasteiger partial charge < -0.3 is 9.15 Å². The zero-order valence-corrected chi connectivity index (χ0v) is 11.9. The van der Waals surface area contributed by atoms with Gasteiger partial charge in [0.2, 0.25) is 0 Å². The minimum Gasteiger partial charge on any atom is -0.495 e. The van der Waals surface area contributed by atoms with E-state index in [9.17, 15) is 0 Å². The summed E-state index contributed by atoms with van der Waals surface area (Å²) in [6.45, 7) is 1.92. The van der Waals surface area contributed by atoms with Crippen molar-refractivity contribution in [2.75, 3.05) is 7.11 Å². The monoisotopic (exact) mass is 314 g/mol. The standard InChI is InChI=1S/C13H12BrClO2/c1-8-5-10(7-17-8)13(14)9-3-4-12(16-2)11(15)6-9/h3-7,13H,1-2H3. The molecular weight excluding hydrogens is 303 g/mol. The van der Waals surface area contributed by atoms with Crippen LogP contribution in [0.3, 0.4) is 0 Å². The second kappa shape index (κ2) is 5.15. The number of ether oxygens (including phenoxy) is 1. The Bertz CT molecular complexity index is 522. The van der Waals surface area contributed by atoms with Crippen LogP contribution in [-0.4, -0.2) is 7.11 Å². The molecule has 2 nitrogen and oxygen atoms in total. The van der Waals surface area contributed by atoms with Gasteiger partial charge in [0, 0.05) is 5.56 Å². The Hall–Kier alpha value is -0.930. The second-order valence-electron chi connectivity index (χ2n) is 3.75. The fourth-order valence-corrected chi connectivity index (χ4v) is 2.42. The maximum atomic E-state index is 6.10. The lowest BCUT2D eigenvalue weighted by atomic mass is 10.1. The lowest BCUT2D eigenvalue weighted by Crippen LogP contribution is -1.92. The number of hydrogen-bond acceptors (Lipinski definition) is 2. The van der Waals surface area contributed by atoms with Crippen molar-refractivity contribution in [1.29, 1.82) is 0 Å². The van der Waals surface area contributed by atoms with Crippen LogP contribution in [0.1, 0.15) is 21.7 Å². The van der Waals surface area contributed by atoms with Crippen LogP contribution in [0.4, 0.5) is 0 Å². The van der Waals surface area contributed by atoms with Crippen molar-refractivity contribution in [3.63, 3.8) is 0 Å². The Morgan fingerprint density at radius 1 is 1.29 bits per heavy atom. The smallest absolute Gasteiger partial charge is 0.137 e. The first-order valence-electron chi connectivity index (χ1n) is 5.14. The normalized spacial score (nSPS) is 12.5. The summed E-state index contributed by atoms with van der Waals surface area (Å²) >= 11 is 9.73. The molecule has 1 heterocycles. The van der Waals surface area contributed by atoms with E-state index in [-0.39, 0.29) is 4.83 Å². The lowest BCUT2D eigenvalue weighted by Gasteiger charge is -2.10. The molecule has 4 heteroatoms. The van der Waals surface area contributed by atoms with Gasteiger partial charge in [-0.05, 0) is 30.7 Å². The fraction of sp³-hybridized carbons (Fsp3) is 0.231. The van der Waals surface area contributed by atoms with Gasteiger partial charge in [0.15, 0.2) is 0 Å². The van der Waals surface area contributed by atoms with Crippen molar-refractivity contribution in [2.24, 2.45) is 0 Å². The van der Waals surface area contributed by atoms with Gasteiger partial charge in [-0.2, -0.15) is 0 Å². The van der Waals surface area contributed by atoms with E-state index in [1.807, 2.05) is 31.2 Å². The van der Waals surface area contributed by atoms with Crippen LogP contribution in [0, 0.1) is 6.92 Å². The van der Waals surface area contributed by atoms with Crippen LogP contribution in [0.2, 0.25) is 5.02 Å². The maximum Gasteiger partial charge on any atom is 0.137 e. The molecule has 0 bridgehead atoms. The molecule has 2 aromatic rings. The van der Waals surface area contributed by atoms with Crippen LogP contribution in [0.15, 0.2) is 34.9 Å². The van der Waals surface area contributed by atoms with E-state index < -0.39 is 0 Å². The average molecular weight is 316 g/mol. The average Bonchev–Trinajstić information content (AvgIpc) is 2.75. The molecule has 0 saturated heterocycles. The Balaban J connectivity index is 2.31. The van der Waals surface area contributed by atoms with E-state index in [1.54, 1.807) is 13.4 Å². The van der Waals surface area contributed by atoms with Gasteiger partial charge in [-0.3, -0.25) is 0 Å². The van der Waals surface area contributed by atoms with Crippen molar-refractivity contribution in [3.8, 4) is 5.75 Å². The number of alkyl halides is 1. The van der Waals surface area contributed by atoms with Crippen molar-refractivity contribution in [2.45, 2.75) is 11.8 Å². The van der Waals surface area contributed by atoms with Crippen LogP contribution in [-0.2, 0) is 0 Å². The third-order valence-electron chi connectivity index (χ3n) is 2.51. The number of furan rings is 1. The molecule has 0 fully saturated rings. The van der Waals surface area contributed by atoms with Crippen LogP contribution in [0.25, 0.3) is 0 Å². The third-order valence-corrected chi connectivity index (χ3v) is 3.86. The highest BCUT2D eigenvalue weighted by molar-refractivity contribution is 9.09. The predicted molar refractivity (Wildman–Crippen MR) is 72.2 cm³/mol. The van der Waals surface area contributed by atoms with E-state index in [4.69, 9.17) is 20.8 Å². The number of halogens is 2. The molecule has 0 amide bonds. The summed E-state index contributed by atoms with van der Waals surface area (Å²) in [6.07, 6.45) is 1.74. The van der Waals surface area contributed by atoms with Gasteiger partial charge in [0.1, 0.15) is 11.5 Å². The summed E-state index contributed by atoms with van der Waals surface area (Å²) in [6, 6.07) is 7.73. The molecule has 2 rings (SSSR count). The summed E-state index contributed by atoms with van der Waals surface area (Å²) in [7, 11) is 1.60. The van der Waals surface area contributed by atoms with E-state index in [1.165, 1.54) is 0 Å². The van der Waals surface area contributed by atoms with E-state index in [0.29, 0.717) is 10.8 Å². The van der Waals surface area contributed by atoms with Gasteiger partial charge in [0.05, 0.1) is 23.2 Å². The SMILES string of the molecule is COc1ccc(C(Br)c2coc(C)c2)cc1Cl. The molecule has 17 heavy (non-hydrogen) atoms. The van der Waals surface area contributed by atoms with Gasteiger partial charge in [-0.25, -0.2) is 0 Å². The molecule has 0 spiro atoms. The van der Waals surface area contributed by atoms with Crippen LogP contribution < -0.4 is 4.74 Å². The quantitative estimate of drug-likeness (QED) is 0.764. The minimum atomic E-state index is 0.0726. The van der Waals surface area contributed by atoms with Crippen LogP contribution in [0.5, 0.6) is 5.75 Å². The van der Waals surface area contributed by atoms with Crippen molar-refractivity contribution in [1.82, 2.24) is 0 Å². The van der Waals surface area contributed by atoms with E-state index >= 15 is 0 Å². The Morgan fingerprint density at radius 3 is 2.59 bits per heavy atom. The first-order valence-corrected chi connectivity index (χ1v) is 6.43. The molecule has 1 unspecified atom stereocenters. The summed E-state index contributed by atoms with van der Waals surface area (Å²) in [4.78, 5) is 0.0726. The van der Waals surface area contributed by atoms with E-state index in [0.717, 1.165) is 16.9 Å². The van der Waals surface area contributed by atoms with Crippen LogP contribution >= 0.6 is 27.5 Å². The first kappa shape index (κ1) is 12.5. The Morgan fingerprint density at radius 2 is 2.06 bits per heavy atom. The maximum absolute atomic E-state index is 6.10. The lowest BCUT2D eigenvalue weighted by molar-refractivity contribution is 0.415. The van der Waals surface area contributed by atoms with Gasteiger partial charge in [-0.15, -0.1) is 0 Å². The highest BCUT2D eigenvalue weighted by Gasteiger charge is 2.14. The number of methoxy groups -OCH3 is 1. The van der Waals surface area contributed by atoms with Crippen molar-refractivity contribution < 1.29 is 9.15 Å². The molecule has 1 aromatic carbocycles. The molecular formula is C13H12BrClO2. The number of rotatable bonds is 3. The minimum absolute atomic E-state index is 0.0726. The van der Waals surface area contributed by atoms with Crippen molar-refractivity contribution >= 4 is 27.5 Å². The fourth-order valence-electron chi connectivity index (χ4n) is 1.63. The molecule has 90 valence electrons. The van der Waals surface area contributed by atoms with Gasteiger partial charge in [0.25, 0.3) is 0 Å². The predicted octanol–water partition coefficient (Wildman–Crippen LogP) is 4.73. The van der Waals surface area contributed by atoms with Gasteiger partial charge >= 0.3 is 0 Å². The van der Waals surface area contributed by atoms with Crippen molar-refractivity contribution in [3.05, 3.63) is 52.4 Å². The number of hydrogen-bond donors (Lipinski definition) is 0. The molecule has 0 aliphatic heterocycles. The summed E-state index contributed by atoms with van der Waals surface area (Å²) in [5.74, 6) is 1.57. The summed E-state index contributed by atoms with van der Waals surface area (Å²) in [5.41, 5.74) is 2.14. The van der Waals surface area contributed by atoms with Gasteiger partial charge in [-0.1, -0.05) is 33.6 Å². The largest absolute Gasteiger partial charge is 0.495 e. The zero-order valence-electron chi connectivity index (χ0n) is 9.54. The highest BCUT2D eigenvalue weighted by atomic mass is 79.9. The molecule has 1 atom stereocenters. The molecule has 0 aliphatic carbocycles. The highest BCUT2D eigenvalue weighted by Crippen LogP contribution is 2.35. The third kappa shape index (κ3) is 2.67. The van der Waals surface area contributed by atoms with E-state index in [2.05, 4.69) is 15.9 Å². The zero-order chi connectivity index (χ0) is 12.4. The first-order chi connectivity index (χ1) is 8.11. The molecule has 0 aliphatic rings. The Labute approximate surface area is 114 Å². The Kier molecular flexibility index (Phi) is 3.79. The topological polar surface area (TPSA) is 22.4 Å². The summed E-state index contributed by atoms with van der Waals surface area (Å²) < 4.78 is 10.4. The number of aryl methyl sites for hydroxylation is 1. The molecule has 0 N–H and O–H groups in total. The molecule has 0 radical (unpaired) electrons. The molecule has 0 saturated carbocycles. The molecule has 1 aromatic heterocycles.